The van der Waals surface area contributed by atoms with Gasteiger partial charge in [0.15, 0.2) is 18.5 Å². The molecule has 1 aromatic carbocycles. The first-order chi connectivity index (χ1) is 12.1. The smallest absolute Gasteiger partial charge is 0.303 e. The van der Waals surface area contributed by atoms with Crippen LogP contribution in [0, 0.1) is 6.92 Å². The highest BCUT2D eigenvalue weighted by Crippen LogP contribution is 2.27. The normalized spacial score (nSPS) is 25.7. The van der Waals surface area contributed by atoms with E-state index >= 15 is 0 Å². The van der Waals surface area contributed by atoms with Crippen LogP contribution in [-0.4, -0.2) is 56.7 Å². The predicted molar refractivity (Wildman–Crippen MR) is 86.3 cm³/mol. The third kappa shape index (κ3) is 5.01. The molecule has 4 atom stereocenters. The molecule has 0 radical (unpaired) electrons. The number of benzene rings is 1. The Labute approximate surface area is 150 Å². The summed E-state index contributed by atoms with van der Waals surface area (Å²) in [5.74, 6) is -1.43. The number of ether oxygens (including phenoxy) is 3. The fraction of sp³-hybridized carbons (Fsp3) is 0.500. The third-order valence-electron chi connectivity index (χ3n) is 3.59. The van der Waals surface area contributed by atoms with Crippen molar-refractivity contribution in [2.75, 3.05) is 6.61 Å². The predicted octanol–water partition coefficient (Wildman–Crippen LogP) is 0.281. The molecule has 1 aromatic rings. The second-order valence-corrected chi connectivity index (χ2v) is 7.38. The lowest BCUT2D eigenvalue weighted by atomic mass is 10.1. The van der Waals surface area contributed by atoms with Crippen molar-refractivity contribution in [3.8, 4) is 0 Å². The minimum Gasteiger partial charge on any atom is -0.455 e. The molecule has 1 aliphatic heterocycles. The topological polar surface area (TPSA) is 125 Å². The second kappa shape index (κ2) is 8.12. The third-order valence-corrected chi connectivity index (χ3v) is 4.88. The number of rotatable bonds is 6. The van der Waals surface area contributed by atoms with Gasteiger partial charge in [0, 0.05) is 13.8 Å². The summed E-state index contributed by atoms with van der Waals surface area (Å²) in [5, 5.41) is 9.87. The highest BCUT2D eigenvalue weighted by molar-refractivity contribution is 7.86. The van der Waals surface area contributed by atoms with E-state index < -0.39 is 53.3 Å². The van der Waals surface area contributed by atoms with E-state index in [-0.39, 0.29) is 4.90 Å². The standard InChI is InChI=1S/C16H20O9S/c1-9-4-6-12(7-5-9)26(20,21)22-8-13-14(23-10(2)17)15(16(19)25-13)24-11(3)18/h4-7,13-16,19H,8H2,1-3H3/t13-,14+,15-,16?/m1/s1. The molecule has 0 aliphatic carbocycles. The highest BCUT2D eigenvalue weighted by Gasteiger charge is 2.49. The lowest BCUT2D eigenvalue weighted by Gasteiger charge is -2.22. The number of aliphatic hydroxyl groups is 1. The average molecular weight is 388 g/mol. The SMILES string of the molecule is CC(=O)O[C@H]1[C@@H](COS(=O)(=O)c2ccc(C)cc2)OC(O)[C@@H]1OC(C)=O. The van der Waals surface area contributed by atoms with Gasteiger partial charge in [-0.25, -0.2) is 0 Å². The van der Waals surface area contributed by atoms with Crippen LogP contribution in [0.25, 0.3) is 0 Å². The van der Waals surface area contributed by atoms with Crippen LogP contribution in [0.2, 0.25) is 0 Å². The van der Waals surface area contributed by atoms with Gasteiger partial charge in [-0.15, -0.1) is 0 Å². The number of hydrogen-bond acceptors (Lipinski definition) is 9. The Bertz CT molecular complexity index is 756. The molecule has 26 heavy (non-hydrogen) atoms. The lowest BCUT2D eigenvalue weighted by molar-refractivity contribution is -0.174. The molecule has 1 saturated heterocycles. The molecule has 1 N–H and O–H groups in total. The van der Waals surface area contributed by atoms with Crippen LogP contribution >= 0.6 is 0 Å². The Hall–Kier alpha value is -2.01. The van der Waals surface area contributed by atoms with Crippen LogP contribution in [0.3, 0.4) is 0 Å². The van der Waals surface area contributed by atoms with Crippen LogP contribution in [-0.2, 0) is 38.1 Å². The van der Waals surface area contributed by atoms with Gasteiger partial charge in [0.2, 0.25) is 0 Å². The van der Waals surface area contributed by atoms with Crippen molar-refractivity contribution in [1.29, 1.82) is 0 Å². The summed E-state index contributed by atoms with van der Waals surface area (Å²) < 4.78 is 44.5. The van der Waals surface area contributed by atoms with Gasteiger partial charge in [0.1, 0.15) is 6.10 Å². The molecule has 1 aliphatic rings. The molecule has 0 spiro atoms. The van der Waals surface area contributed by atoms with E-state index in [4.69, 9.17) is 18.4 Å². The minimum absolute atomic E-state index is 0.0535. The summed E-state index contributed by atoms with van der Waals surface area (Å²) in [6, 6.07) is 6.01. The Morgan fingerprint density at radius 1 is 1.08 bits per heavy atom. The maximum atomic E-state index is 12.2. The monoisotopic (exact) mass is 388 g/mol. The van der Waals surface area contributed by atoms with E-state index in [1.54, 1.807) is 12.1 Å². The zero-order valence-electron chi connectivity index (χ0n) is 14.4. The number of carbonyl (C=O) groups is 2. The quantitative estimate of drug-likeness (QED) is 0.540. The first-order valence-electron chi connectivity index (χ1n) is 7.74. The number of hydrogen-bond donors (Lipinski definition) is 1. The van der Waals surface area contributed by atoms with Crippen LogP contribution in [0.15, 0.2) is 29.2 Å². The maximum absolute atomic E-state index is 12.2. The Kier molecular flexibility index (Phi) is 6.34. The van der Waals surface area contributed by atoms with Gasteiger partial charge in [-0.1, -0.05) is 17.7 Å². The highest BCUT2D eigenvalue weighted by atomic mass is 32.2. The molecule has 2 rings (SSSR count). The summed E-state index contributed by atoms with van der Waals surface area (Å²) in [7, 11) is -4.08. The van der Waals surface area contributed by atoms with Crippen molar-refractivity contribution in [3.63, 3.8) is 0 Å². The van der Waals surface area contributed by atoms with Crippen molar-refractivity contribution in [2.24, 2.45) is 0 Å². The zero-order chi connectivity index (χ0) is 19.5. The Morgan fingerprint density at radius 2 is 1.62 bits per heavy atom. The Morgan fingerprint density at radius 3 is 2.15 bits per heavy atom. The molecule has 144 valence electrons. The van der Waals surface area contributed by atoms with Gasteiger partial charge < -0.3 is 19.3 Å². The molecule has 0 aromatic heterocycles. The summed E-state index contributed by atoms with van der Waals surface area (Å²) >= 11 is 0. The second-order valence-electron chi connectivity index (χ2n) is 5.76. The van der Waals surface area contributed by atoms with Gasteiger partial charge in [0.25, 0.3) is 10.1 Å². The first-order valence-corrected chi connectivity index (χ1v) is 9.15. The van der Waals surface area contributed by atoms with Crippen molar-refractivity contribution in [1.82, 2.24) is 0 Å². The van der Waals surface area contributed by atoms with Crippen molar-refractivity contribution >= 4 is 22.1 Å². The lowest BCUT2D eigenvalue weighted by Crippen LogP contribution is -2.41. The summed E-state index contributed by atoms with van der Waals surface area (Å²) in [6.45, 7) is 3.51. The van der Waals surface area contributed by atoms with Gasteiger partial charge >= 0.3 is 11.9 Å². The number of carbonyl (C=O) groups excluding carboxylic acids is 2. The first kappa shape index (κ1) is 20.3. The number of aryl methyl sites for hydroxylation is 1. The van der Waals surface area contributed by atoms with Gasteiger partial charge in [0.05, 0.1) is 11.5 Å². The van der Waals surface area contributed by atoms with E-state index in [2.05, 4.69) is 0 Å². The summed E-state index contributed by atoms with van der Waals surface area (Å²) in [6.07, 6.45) is -5.22. The summed E-state index contributed by atoms with van der Waals surface area (Å²) in [4.78, 5) is 22.4. The van der Waals surface area contributed by atoms with Crippen LogP contribution in [0.1, 0.15) is 19.4 Å². The maximum Gasteiger partial charge on any atom is 0.303 e. The van der Waals surface area contributed by atoms with Gasteiger partial charge in [-0.2, -0.15) is 8.42 Å². The van der Waals surface area contributed by atoms with Crippen LogP contribution in [0.5, 0.6) is 0 Å². The van der Waals surface area contributed by atoms with E-state index in [1.807, 2.05) is 6.92 Å². The molecule has 1 unspecified atom stereocenters. The molecule has 1 fully saturated rings. The molecule has 0 bridgehead atoms. The zero-order valence-corrected chi connectivity index (χ0v) is 15.3. The molecular weight excluding hydrogens is 368 g/mol. The van der Waals surface area contributed by atoms with Crippen molar-refractivity contribution in [3.05, 3.63) is 29.8 Å². The van der Waals surface area contributed by atoms with E-state index in [9.17, 15) is 23.1 Å². The molecule has 0 amide bonds. The number of aliphatic hydroxyl groups excluding tert-OH is 1. The number of esters is 2. The van der Waals surface area contributed by atoms with Gasteiger partial charge in [-0.05, 0) is 19.1 Å². The van der Waals surface area contributed by atoms with Crippen molar-refractivity contribution in [2.45, 2.75) is 50.3 Å². The molecule has 10 heteroatoms. The van der Waals surface area contributed by atoms with Crippen LogP contribution < -0.4 is 0 Å². The fourth-order valence-electron chi connectivity index (χ4n) is 2.42. The van der Waals surface area contributed by atoms with Crippen LogP contribution in [0.4, 0.5) is 0 Å². The van der Waals surface area contributed by atoms with Crippen molar-refractivity contribution < 1.29 is 41.5 Å². The van der Waals surface area contributed by atoms with E-state index in [0.717, 1.165) is 19.4 Å². The molecule has 1 heterocycles. The summed E-state index contributed by atoms with van der Waals surface area (Å²) in [5.41, 5.74) is 0.880. The molecule has 9 nitrogen and oxygen atoms in total. The average Bonchev–Trinajstić information content (AvgIpc) is 2.81. The fourth-order valence-corrected chi connectivity index (χ4v) is 3.34. The van der Waals surface area contributed by atoms with Gasteiger partial charge in [-0.3, -0.25) is 13.8 Å². The van der Waals surface area contributed by atoms with E-state index in [1.165, 1.54) is 12.1 Å². The Balaban J connectivity index is 2.12. The minimum atomic E-state index is -4.08. The molecule has 0 saturated carbocycles. The van der Waals surface area contributed by atoms with E-state index in [0.29, 0.717) is 0 Å². The largest absolute Gasteiger partial charge is 0.455 e. The molecular formula is C16H20O9S.